The Balaban J connectivity index is 0.000000219. The van der Waals surface area contributed by atoms with Crippen molar-refractivity contribution in [2.24, 2.45) is 0 Å². The van der Waals surface area contributed by atoms with Gasteiger partial charge in [-0.05, 0) is 262 Å². The number of fused-ring (bicyclic) bond motifs is 4. The largest absolute Gasteiger partial charge is 0.311 e. The van der Waals surface area contributed by atoms with Crippen LogP contribution in [0.15, 0.2) is 327 Å². The lowest BCUT2D eigenvalue weighted by molar-refractivity contribution is 0.590. The summed E-state index contributed by atoms with van der Waals surface area (Å²) >= 11 is 12.3. The summed E-state index contributed by atoms with van der Waals surface area (Å²) in [5, 5.41) is 0.0816. The Hall–Kier alpha value is -10.3. The number of hydrogen-bond donors (Lipinski definition) is 0. The number of anilines is 18. The molecule has 2 aliphatic heterocycles. The van der Waals surface area contributed by atoms with E-state index in [0.29, 0.717) is 50.5 Å². The van der Waals surface area contributed by atoms with Crippen LogP contribution in [0.25, 0.3) is 0 Å². The quantitative estimate of drug-likeness (QED) is 0.0793. The van der Waals surface area contributed by atoms with Crippen LogP contribution in [0.3, 0.4) is 0 Å². The summed E-state index contributed by atoms with van der Waals surface area (Å²) in [7, 11) is 0. The van der Waals surface area contributed by atoms with Crippen molar-refractivity contribution in [3.05, 3.63) is 377 Å². The molecule has 0 saturated heterocycles. The molecule has 2 aliphatic rings. The molecule has 6 nitrogen and oxygen atoms in total. The van der Waals surface area contributed by atoms with Crippen LogP contribution in [0.2, 0.25) is 5.02 Å². The third kappa shape index (κ3) is 19.6. The first kappa shape index (κ1) is 74.7. The van der Waals surface area contributed by atoms with Gasteiger partial charge in [0.05, 0.1) is 47.0 Å². The maximum Gasteiger partial charge on any atom is 0.252 e. The lowest BCUT2D eigenvalue weighted by Crippen LogP contribution is -2.61. The van der Waals surface area contributed by atoms with Crippen molar-refractivity contribution in [2.75, 3.05) is 29.4 Å². The van der Waals surface area contributed by atoms with E-state index in [1.54, 1.807) is 9.80 Å². The van der Waals surface area contributed by atoms with E-state index in [9.17, 15) is 19.2 Å². The molecule has 0 saturated carbocycles. The zero-order valence-corrected chi connectivity index (χ0v) is 82.6. The fraction of sp³-hybridized carbons (Fsp3) is 0.276. The van der Waals surface area contributed by atoms with Gasteiger partial charge in [0.2, 0.25) is 0 Å². The summed E-state index contributed by atoms with van der Waals surface area (Å²) in [6, 6.07) is 79.0. The van der Waals surface area contributed by atoms with E-state index in [1.807, 2.05) is 246 Å². The predicted molar refractivity (Wildman–Crippen MR) is 568 cm³/mol. The van der Waals surface area contributed by atoms with Gasteiger partial charge in [0.15, 0.2) is 0 Å². The Morgan fingerprint density at radius 3 is 0.746 bits per heavy atom. The number of hydrogen-bond acceptors (Lipinski definition) is 6. The Morgan fingerprint density at radius 1 is 0.246 bits per heavy atom. The van der Waals surface area contributed by atoms with Crippen LogP contribution in [0.1, 0.15) is 230 Å². The molecular weight excluding hydrogens is 1780 g/mol. The summed E-state index contributed by atoms with van der Waals surface area (Å²) < 4.78 is 137. The second-order valence-corrected chi connectivity index (χ2v) is 41.5. The van der Waals surface area contributed by atoms with E-state index in [1.165, 1.54) is 0 Å². The molecule has 0 N–H and O–H groups in total. The molecule has 0 spiro atoms. The third-order valence-corrected chi connectivity index (χ3v) is 23.7. The van der Waals surface area contributed by atoms with Crippen LogP contribution in [-0.2, 0) is 43.3 Å². The maximum absolute atomic E-state index is 10.4. The smallest absolute Gasteiger partial charge is 0.252 e. The van der Waals surface area contributed by atoms with Crippen LogP contribution in [-0.4, -0.2) is 6.71 Å². The number of para-hydroxylation sites is 4. The first-order valence-corrected chi connectivity index (χ1v) is 50.1. The number of rotatable bonds is 14. The van der Waals surface area contributed by atoms with Crippen molar-refractivity contribution in [3.63, 3.8) is 0 Å². The standard InChI is InChI=1S/C58H62BN3.C58H64ClN3.I2/c1-55(2,3)39-23-29-45(30-24-39)61-50-33-27-41(57(7,8)9)35-48(50)59-49-36-42(58(10,11)12)28-34-51(49)62(46-31-25-40(26-32-46)56(4,5)6)53-38-47(37-52(61)54(53)59)60(43-19-15-13-16-20-43)44-21-17-14-18-22-44;1-55(2,3)41-23-31-47(32-24-41)61(48-33-25-42(26-34-48)56(4,5)6)52-39-51(60(45-19-15-13-16-20-45)46-21-17-14-18-22-46)40-53(54(52)59)62(49-35-27-43(28-36-49)57(7,8)9)50-37-29-44(30-38-50)58(10,11)12;1-2/h13-38H,1-12H3;13-40H,1-12H3;/i27D,28D,33D,34D,35D,36D;23D,24D,27D,28D,31D,32D,35D,36D;. The highest BCUT2D eigenvalue weighted by molar-refractivity contribution is 15.0. The molecule has 644 valence electrons. The Bertz CT molecular complexity index is 6560. The van der Waals surface area contributed by atoms with Crippen molar-refractivity contribution in [1.29, 1.82) is 0 Å². The molecule has 0 atom stereocenters. The number of benzene rings is 14. The molecule has 0 fully saturated rings. The first-order valence-electron chi connectivity index (χ1n) is 50.5. The monoisotopic (exact) mass is 1920 g/mol. The van der Waals surface area contributed by atoms with Gasteiger partial charge in [-0.25, -0.2) is 0 Å². The van der Waals surface area contributed by atoms with Gasteiger partial charge in [0, 0.05) is 117 Å². The topological polar surface area (TPSA) is 19.4 Å². The molecule has 0 aliphatic carbocycles. The molecule has 0 bridgehead atoms. The molecule has 2 heterocycles. The lowest BCUT2D eigenvalue weighted by Gasteiger charge is -2.45. The van der Waals surface area contributed by atoms with Crippen LogP contribution in [0, 0.1) is 0 Å². The summed E-state index contributed by atoms with van der Waals surface area (Å²) in [5.74, 6) is 0. The molecule has 16 rings (SSSR count). The normalized spacial score (nSPS) is 14.4. The second kappa shape index (κ2) is 36.1. The van der Waals surface area contributed by atoms with E-state index in [-0.39, 0.29) is 145 Å². The van der Waals surface area contributed by atoms with Crippen molar-refractivity contribution in [1.82, 2.24) is 0 Å². The maximum atomic E-state index is 10.4. The van der Waals surface area contributed by atoms with E-state index in [2.05, 4.69) is 220 Å². The highest BCUT2D eigenvalue weighted by atomic mass is 128. The molecule has 14 aromatic carbocycles. The van der Waals surface area contributed by atoms with E-state index in [0.717, 1.165) is 78.9 Å². The second-order valence-electron chi connectivity index (χ2n) is 41.1. The molecular formula is C116H126BClI2N6. The van der Waals surface area contributed by atoms with Crippen molar-refractivity contribution in [2.45, 2.75) is 209 Å². The molecule has 0 aromatic heterocycles. The highest BCUT2D eigenvalue weighted by Gasteiger charge is 2.46. The van der Waals surface area contributed by atoms with Gasteiger partial charge in [-0.2, -0.15) is 0 Å². The SMILES string of the molecule is II.[2H]c1c([2H])c(C(C)(C)C)c([2H])c([2H])c1N(c1ccc(C(C)(C)C)cc1)c1cc(N(c2ccccc2)c2ccccc2)cc(N(c2ccc(C(C)(C)C)cc2)c2c([2H])c([2H])c(C(C)(C)C)c([2H])c2[2H])c1Cl.[2H]c1c([2H])c(C(C)(C)C)c([2H])c2c1N(c1ccc(C(C)(C)C)cc1)c1cc(N(c3ccccc3)c3ccccc3)cc3c1B2c1c([2H])c(C(C)(C)C)c([2H])c([2H])c1N3c1ccc(C(C)(C)C)cc1. The summed E-state index contributed by atoms with van der Waals surface area (Å²) in [6.45, 7) is 48.2. The van der Waals surface area contributed by atoms with Crippen molar-refractivity contribution >= 4 is 174 Å². The van der Waals surface area contributed by atoms with E-state index < -0.39 is 28.4 Å². The molecule has 0 radical (unpaired) electrons. The Morgan fingerprint density at radius 2 is 0.484 bits per heavy atom. The Labute approximate surface area is 803 Å². The summed E-state index contributed by atoms with van der Waals surface area (Å²) in [5.41, 5.74) is 14.3. The average molecular weight is 1920 g/mol. The molecule has 0 amide bonds. The first-order chi connectivity index (χ1) is 65.4. The van der Waals surface area contributed by atoms with Crippen LogP contribution in [0.5, 0.6) is 0 Å². The van der Waals surface area contributed by atoms with Gasteiger partial charge in [-0.3, -0.25) is 0 Å². The molecule has 126 heavy (non-hydrogen) atoms. The fourth-order valence-electron chi connectivity index (χ4n) is 16.0. The highest BCUT2D eigenvalue weighted by Crippen LogP contribution is 2.54. The van der Waals surface area contributed by atoms with E-state index >= 15 is 0 Å². The van der Waals surface area contributed by atoms with Gasteiger partial charge in [-0.15, -0.1) is 0 Å². The lowest BCUT2D eigenvalue weighted by atomic mass is 9.33. The van der Waals surface area contributed by atoms with Crippen LogP contribution >= 0.6 is 48.8 Å². The zero-order chi connectivity index (χ0) is 103. The fourth-order valence-corrected chi connectivity index (χ4v) is 16.3. The molecule has 10 heteroatoms. The minimum atomic E-state index is -0.812. The number of halogens is 3. The minimum absolute atomic E-state index is 0.00562. The van der Waals surface area contributed by atoms with Crippen LogP contribution in [0.4, 0.5) is 102 Å². The minimum Gasteiger partial charge on any atom is -0.311 e. The molecule has 14 aromatic rings. The average Bonchev–Trinajstić information content (AvgIpc) is 0.673. The van der Waals surface area contributed by atoms with Crippen molar-refractivity contribution < 1.29 is 19.2 Å². The zero-order valence-electron chi connectivity index (χ0n) is 91.5. The molecule has 0 unspecified atom stereocenters. The van der Waals surface area contributed by atoms with E-state index in [4.69, 9.17) is 11.6 Å². The summed E-state index contributed by atoms with van der Waals surface area (Å²) in [6.07, 6.45) is 0. The third-order valence-electron chi connectivity index (χ3n) is 23.3. The van der Waals surface area contributed by atoms with Gasteiger partial charge < -0.3 is 29.4 Å². The van der Waals surface area contributed by atoms with Gasteiger partial charge >= 0.3 is 0 Å². The predicted octanol–water partition coefficient (Wildman–Crippen LogP) is 34.1. The van der Waals surface area contributed by atoms with Gasteiger partial charge in [0.1, 0.15) is 0 Å². The number of nitrogens with zero attached hydrogens (tertiary/aromatic N) is 6. The Kier molecular flexibility index (Phi) is 21.4. The van der Waals surface area contributed by atoms with Gasteiger partial charge in [0.25, 0.3) is 6.71 Å². The summed E-state index contributed by atoms with van der Waals surface area (Å²) in [4.78, 5) is 11.8. The van der Waals surface area contributed by atoms with Crippen molar-refractivity contribution in [3.8, 4) is 0 Å². The van der Waals surface area contributed by atoms with Gasteiger partial charge in [-0.1, -0.05) is 347 Å². The van der Waals surface area contributed by atoms with Crippen LogP contribution < -0.4 is 45.8 Å².